The number of Topliss-reactive ketones (excluding diaryl/α,β-unsaturated/α-hetero) is 1. The van der Waals surface area contributed by atoms with Gasteiger partial charge < -0.3 is 9.84 Å². The Morgan fingerprint density at radius 3 is 2.00 bits per heavy atom. The Bertz CT molecular complexity index is 180. The third kappa shape index (κ3) is 6.24. The molecule has 1 rings (SSSR count). The zero-order chi connectivity index (χ0) is 10.5. The lowest BCUT2D eigenvalue weighted by molar-refractivity contribution is -0.148. The molecule has 0 unspecified atom stereocenters. The van der Waals surface area contributed by atoms with Gasteiger partial charge in [0.25, 0.3) is 0 Å². The van der Waals surface area contributed by atoms with Crippen LogP contribution in [0.3, 0.4) is 0 Å². The third-order valence-electron chi connectivity index (χ3n) is 1.42. The quantitative estimate of drug-likeness (QED) is 0.568. The van der Waals surface area contributed by atoms with Crippen LogP contribution in [0.5, 0.6) is 0 Å². The predicted octanol–water partition coefficient (Wildman–Crippen LogP) is 0.00230. The van der Waals surface area contributed by atoms with Crippen LogP contribution in [0.2, 0.25) is 0 Å². The number of rotatable bonds is 1. The second kappa shape index (κ2) is 4.94. The van der Waals surface area contributed by atoms with Gasteiger partial charge in [-0.25, -0.2) is 4.79 Å². The normalized spacial score (nSPS) is 18.7. The second-order valence-corrected chi connectivity index (χ2v) is 3.41. The minimum atomic E-state index is -1.38. The van der Waals surface area contributed by atoms with Crippen molar-refractivity contribution in [3.63, 3.8) is 0 Å². The lowest BCUT2D eigenvalue weighted by Crippen LogP contribution is -2.34. The van der Waals surface area contributed by atoms with Crippen molar-refractivity contribution in [3.05, 3.63) is 0 Å². The van der Waals surface area contributed by atoms with Crippen LogP contribution in [0, 0.1) is 0 Å². The van der Waals surface area contributed by atoms with Gasteiger partial charge in [-0.15, -0.1) is 0 Å². The molecule has 0 amide bonds. The van der Waals surface area contributed by atoms with E-state index in [0.29, 0.717) is 6.73 Å². The summed E-state index contributed by atoms with van der Waals surface area (Å²) in [6.07, 6.45) is 0. The minimum absolute atomic E-state index is 0.222. The Balaban J connectivity index is 0.000000226. The topological polar surface area (TPSA) is 75.6 Å². The number of nitrogens with one attached hydrogen (secondary N) is 1. The fourth-order valence-corrected chi connectivity index (χ4v) is 0.604. The number of carbonyl (C=O) groups excluding carboxylic acids is 1. The van der Waals surface area contributed by atoms with Crippen LogP contribution >= 0.6 is 0 Å². The zero-order valence-corrected chi connectivity index (χ0v) is 8.09. The lowest BCUT2D eigenvalue weighted by Gasteiger charge is -2.12. The molecule has 0 radical (unpaired) electrons. The van der Waals surface area contributed by atoms with E-state index in [2.05, 4.69) is 19.2 Å². The van der Waals surface area contributed by atoms with E-state index in [-0.39, 0.29) is 5.54 Å². The van der Waals surface area contributed by atoms with Crippen LogP contribution in [0.1, 0.15) is 20.8 Å². The molecular formula is C8H15NO4. The summed E-state index contributed by atoms with van der Waals surface area (Å²) in [6, 6.07) is 0. The summed E-state index contributed by atoms with van der Waals surface area (Å²) < 4.78 is 5.05. The number of hydrogen-bond donors (Lipinski definition) is 2. The number of carboxylic acid groups (broad SMARTS) is 1. The van der Waals surface area contributed by atoms with Crippen molar-refractivity contribution in [2.24, 2.45) is 0 Å². The zero-order valence-electron chi connectivity index (χ0n) is 8.09. The van der Waals surface area contributed by atoms with Gasteiger partial charge in [-0.05, 0) is 13.8 Å². The van der Waals surface area contributed by atoms with Gasteiger partial charge in [0.15, 0.2) is 0 Å². The molecule has 1 aliphatic heterocycles. The molecule has 1 heterocycles. The van der Waals surface area contributed by atoms with Crippen LogP contribution in [-0.2, 0) is 14.3 Å². The number of ketones is 1. The monoisotopic (exact) mass is 189 g/mol. The molecule has 1 aliphatic rings. The average Bonchev–Trinajstić information content (AvgIpc) is 2.35. The molecule has 0 aromatic carbocycles. The molecule has 0 saturated carbocycles. The van der Waals surface area contributed by atoms with Crippen molar-refractivity contribution < 1.29 is 19.4 Å². The van der Waals surface area contributed by atoms with Crippen LogP contribution in [0.25, 0.3) is 0 Å². The number of hydrogen-bond acceptors (Lipinski definition) is 4. The largest absolute Gasteiger partial charge is 0.476 e. The maximum absolute atomic E-state index is 9.54. The summed E-state index contributed by atoms with van der Waals surface area (Å²) in [7, 11) is 0. The first-order valence-corrected chi connectivity index (χ1v) is 3.92. The molecule has 0 aromatic heterocycles. The molecule has 76 valence electrons. The fourth-order valence-electron chi connectivity index (χ4n) is 0.604. The van der Waals surface area contributed by atoms with Crippen molar-refractivity contribution in [2.45, 2.75) is 26.3 Å². The highest BCUT2D eigenvalue weighted by atomic mass is 16.5. The summed E-state index contributed by atoms with van der Waals surface area (Å²) >= 11 is 0. The Morgan fingerprint density at radius 2 is 1.92 bits per heavy atom. The van der Waals surface area contributed by atoms with Crippen LogP contribution in [0.4, 0.5) is 0 Å². The highest BCUT2D eigenvalue weighted by Crippen LogP contribution is 2.06. The summed E-state index contributed by atoms with van der Waals surface area (Å²) in [5.74, 6) is -2.20. The Hall–Kier alpha value is -0.940. The maximum atomic E-state index is 9.54. The van der Waals surface area contributed by atoms with E-state index in [1.807, 2.05) is 0 Å². The molecular weight excluding hydrogens is 174 g/mol. The van der Waals surface area contributed by atoms with Gasteiger partial charge in [-0.2, -0.15) is 0 Å². The molecule has 0 bridgehead atoms. The molecule has 13 heavy (non-hydrogen) atoms. The Labute approximate surface area is 77.1 Å². The van der Waals surface area contributed by atoms with Crippen LogP contribution < -0.4 is 5.32 Å². The molecule has 0 aliphatic carbocycles. The molecule has 1 saturated heterocycles. The van der Waals surface area contributed by atoms with E-state index < -0.39 is 11.8 Å². The van der Waals surface area contributed by atoms with Crippen molar-refractivity contribution in [2.75, 3.05) is 13.3 Å². The SMILES string of the molecule is CC(=O)C(=O)O.CC1(C)COCN1. The first-order valence-electron chi connectivity index (χ1n) is 3.92. The van der Waals surface area contributed by atoms with Crippen molar-refractivity contribution >= 4 is 11.8 Å². The number of aliphatic carboxylic acids is 1. The molecule has 2 N–H and O–H groups in total. The summed E-state index contributed by atoms with van der Waals surface area (Å²) in [5.41, 5.74) is 0.222. The van der Waals surface area contributed by atoms with Gasteiger partial charge in [0.1, 0.15) is 0 Å². The van der Waals surface area contributed by atoms with Gasteiger partial charge in [0.05, 0.1) is 13.3 Å². The summed E-state index contributed by atoms with van der Waals surface area (Å²) in [4.78, 5) is 18.9. The van der Waals surface area contributed by atoms with E-state index in [1.165, 1.54) is 0 Å². The van der Waals surface area contributed by atoms with Gasteiger partial charge in [-0.1, -0.05) is 0 Å². The van der Waals surface area contributed by atoms with E-state index in [1.54, 1.807) is 0 Å². The van der Waals surface area contributed by atoms with Crippen LogP contribution in [-0.4, -0.2) is 35.7 Å². The Kier molecular flexibility index (Phi) is 4.58. The Morgan fingerprint density at radius 1 is 1.46 bits per heavy atom. The first kappa shape index (κ1) is 12.1. The van der Waals surface area contributed by atoms with Gasteiger partial charge in [0, 0.05) is 12.5 Å². The van der Waals surface area contributed by atoms with Gasteiger partial charge in [0.2, 0.25) is 5.78 Å². The summed E-state index contributed by atoms with van der Waals surface area (Å²) in [6.45, 7) is 6.81. The predicted molar refractivity (Wildman–Crippen MR) is 46.4 cm³/mol. The van der Waals surface area contributed by atoms with Crippen molar-refractivity contribution in [3.8, 4) is 0 Å². The minimum Gasteiger partial charge on any atom is -0.476 e. The van der Waals surface area contributed by atoms with E-state index in [4.69, 9.17) is 9.84 Å². The van der Waals surface area contributed by atoms with Crippen molar-refractivity contribution in [1.29, 1.82) is 0 Å². The average molecular weight is 189 g/mol. The van der Waals surface area contributed by atoms with E-state index in [0.717, 1.165) is 13.5 Å². The molecule has 0 spiro atoms. The van der Waals surface area contributed by atoms with Gasteiger partial charge in [-0.3, -0.25) is 10.1 Å². The molecule has 1 fully saturated rings. The fraction of sp³-hybridized carbons (Fsp3) is 0.750. The second-order valence-electron chi connectivity index (χ2n) is 3.41. The number of carbonyl (C=O) groups is 2. The third-order valence-corrected chi connectivity index (χ3v) is 1.42. The van der Waals surface area contributed by atoms with Crippen LogP contribution in [0.15, 0.2) is 0 Å². The van der Waals surface area contributed by atoms with E-state index >= 15 is 0 Å². The molecule has 0 atom stereocenters. The van der Waals surface area contributed by atoms with Crippen molar-refractivity contribution in [1.82, 2.24) is 5.32 Å². The highest BCUT2D eigenvalue weighted by Gasteiger charge is 2.21. The molecule has 0 aromatic rings. The molecule has 5 nitrogen and oxygen atoms in total. The highest BCUT2D eigenvalue weighted by molar-refractivity contribution is 6.31. The molecule has 5 heteroatoms. The number of ether oxygens (including phenoxy) is 1. The first-order chi connectivity index (χ1) is 5.85. The van der Waals surface area contributed by atoms with E-state index in [9.17, 15) is 9.59 Å². The smallest absolute Gasteiger partial charge is 0.371 e. The summed E-state index contributed by atoms with van der Waals surface area (Å²) in [5, 5.41) is 10.8. The maximum Gasteiger partial charge on any atom is 0.371 e. The lowest BCUT2D eigenvalue weighted by atomic mass is 10.1. The van der Waals surface area contributed by atoms with Gasteiger partial charge >= 0.3 is 5.97 Å². The number of carboxylic acids is 1. The standard InChI is InChI=1S/C5H11NO.C3H4O3/c1-5(2)3-7-4-6-5;1-2(4)3(5)6/h6H,3-4H2,1-2H3;1H3,(H,5,6).